The van der Waals surface area contributed by atoms with E-state index in [0.717, 1.165) is 27.7 Å². The van der Waals surface area contributed by atoms with Crippen LogP contribution in [0.1, 0.15) is 16.7 Å². The van der Waals surface area contributed by atoms with Gasteiger partial charge in [-0.3, -0.25) is 0 Å². The van der Waals surface area contributed by atoms with Crippen molar-refractivity contribution in [2.45, 2.75) is 19.8 Å². The molecule has 1 unspecified atom stereocenters. The largest absolute Gasteiger partial charge is 0.0925 e. The van der Waals surface area contributed by atoms with Gasteiger partial charge in [-0.25, -0.2) is 0 Å². The summed E-state index contributed by atoms with van der Waals surface area (Å²) in [6, 6.07) is 14.9. The van der Waals surface area contributed by atoms with E-state index in [9.17, 15) is 0 Å². The zero-order valence-corrected chi connectivity index (χ0v) is 15.3. The Morgan fingerprint density at radius 2 is 1.75 bits per heavy atom. The molecule has 0 spiro atoms. The molecule has 0 aromatic heterocycles. The second kappa shape index (κ2) is 7.63. The lowest BCUT2D eigenvalue weighted by atomic mass is 9.94. The maximum absolute atomic E-state index is 6.33. The molecule has 0 aliphatic heterocycles. The predicted octanol–water partition coefficient (Wildman–Crippen LogP) is 6.21. The Balaban J connectivity index is 2.07. The van der Waals surface area contributed by atoms with E-state index in [2.05, 4.69) is 75.2 Å². The maximum Gasteiger partial charge on any atom is 0.0440 e. The number of hydrogen-bond acceptors (Lipinski definition) is 0. The highest BCUT2D eigenvalue weighted by atomic mass is 79.9. The van der Waals surface area contributed by atoms with Crippen molar-refractivity contribution in [2.24, 2.45) is 5.92 Å². The topological polar surface area (TPSA) is 0 Å². The zero-order valence-electron chi connectivity index (χ0n) is 11.4. The van der Waals surface area contributed by atoms with E-state index in [1.54, 1.807) is 0 Å². The molecule has 1 atom stereocenters. The van der Waals surface area contributed by atoms with E-state index < -0.39 is 0 Å². The van der Waals surface area contributed by atoms with Crippen LogP contribution in [0.25, 0.3) is 0 Å². The highest BCUT2D eigenvalue weighted by Crippen LogP contribution is 2.24. The quantitative estimate of drug-likeness (QED) is 0.509. The molecular weight excluding hydrogens is 399 g/mol. The fourth-order valence-corrected chi connectivity index (χ4v) is 3.30. The number of rotatable bonds is 5. The van der Waals surface area contributed by atoms with Crippen LogP contribution in [-0.2, 0) is 12.8 Å². The summed E-state index contributed by atoms with van der Waals surface area (Å²) in [4.78, 5) is 0. The van der Waals surface area contributed by atoms with E-state index in [4.69, 9.17) is 11.6 Å². The second-order valence-corrected chi connectivity index (χ2v) is 7.12. The summed E-state index contributed by atoms with van der Waals surface area (Å²) >= 11 is 13.4. The van der Waals surface area contributed by atoms with Gasteiger partial charge in [0.15, 0.2) is 0 Å². The third-order valence-electron chi connectivity index (χ3n) is 3.37. The molecule has 0 aliphatic rings. The SMILES string of the molecule is Cc1ccc(CC(CBr)Cc2ccc(Br)cc2)c(Cl)c1. The zero-order chi connectivity index (χ0) is 14.5. The first-order chi connectivity index (χ1) is 9.58. The van der Waals surface area contributed by atoms with Gasteiger partial charge in [-0.1, -0.05) is 67.7 Å². The number of hydrogen-bond donors (Lipinski definition) is 0. The van der Waals surface area contributed by atoms with Crippen LogP contribution in [0, 0.1) is 12.8 Å². The molecular formula is C17H17Br2Cl. The predicted molar refractivity (Wildman–Crippen MR) is 95.0 cm³/mol. The Kier molecular flexibility index (Phi) is 6.13. The molecule has 2 aromatic rings. The van der Waals surface area contributed by atoms with Crippen LogP contribution in [0.15, 0.2) is 46.9 Å². The maximum atomic E-state index is 6.33. The molecule has 0 radical (unpaired) electrons. The Labute approximate surface area is 142 Å². The van der Waals surface area contributed by atoms with Gasteiger partial charge in [-0.05, 0) is 60.6 Å². The van der Waals surface area contributed by atoms with Crippen molar-refractivity contribution in [3.8, 4) is 0 Å². The number of benzene rings is 2. The van der Waals surface area contributed by atoms with Gasteiger partial charge in [0.2, 0.25) is 0 Å². The van der Waals surface area contributed by atoms with Gasteiger partial charge in [0.1, 0.15) is 0 Å². The van der Waals surface area contributed by atoms with Crippen LogP contribution >= 0.6 is 43.5 Å². The van der Waals surface area contributed by atoms with Crippen molar-refractivity contribution in [2.75, 3.05) is 5.33 Å². The highest BCUT2D eigenvalue weighted by molar-refractivity contribution is 9.10. The number of alkyl halides is 1. The average Bonchev–Trinajstić information content (AvgIpc) is 2.43. The minimum Gasteiger partial charge on any atom is -0.0925 e. The summed E-state index contributed by atoms with van der Waals surface area (Å²) in [5.41, 5.74) is 3.81. The molecule has 0 saturated heterocycles. The van der Waals surface area contributed by atoms with Crippen molar-refractivity contribution in [1.82, 2.24) is 0 Å². The molecule has 3 heteroatoms. The van der Waals surface area contributed by atoms with Crippen LogP contribution in [-0.4, -0.2) is 5.33 Å². The summed E-state index contributed by atoms with van der Waals surface area (Å²) in [5.74, 6) is 0.552. The first-order valence-corrected chi connectivity index (χ1v) is 8.93. The molecule has 106 valence electrons. The first-order valence-electron chi connectivity index (χ1n) is 6.64. The van der Waals surface area contributed by atoms with Gasteiger partial charge in [0.25, 0.3) is 0 Å². The van der Waals surface area contributed by atoms with Crippen LogP contribution < -0.4 is 0 Å². The minimum absolute atomic E-state index is 0.552. The Morgan fingerprint density at radius 3 is 2.35 bits per heavy atom. The van der Waals surface area contributed by atoms with Crippen molar-refractivity contribution < 1.29 is 0 Å². The van der Waals surface area contributed by atoms with E-state index >= 15 is 0 Å². The first kappa shape index (κ1) is 16.1. The van der Waals surface area contributed by atoms with Crippen molar-refractivity contribution in [1.29, 1.82) is 0 Å². The van der Waals surface area contributed by atoms with Gasteiger partial charge in [-0.15, -0.1) is 0 Å². The number of halogens is 3. The fraction of sp³-hybridized carbons (Fsp3) is 0.294. The molecule has 2 aromatic carbocycles. The third kappa shape index (κ3) is 4.61. The average molecular weight is 417 g/mol. The smallest absolute Gasteiger partial charge is 0.0440 e. The van der Waals surface area contributed by atoms with E-state index in [1.165, 1.54) is 16.7 Å². The lowest BCUT2D eigenvalue weighted by molar-refractivity contribution is 0.591. The molecule has 0 bridgehead atoms. The second-order valence-electron chi connectivity index (χ2n) is 5.15. The normalized spacial score (nSPS) is 12.4. The van der Waals surface area contributed by atoms with E-state index in [-0.39, 0.29) is 0 Å². The Hall–Kier alpha value is -0.310. The molecule has 0 N–H and O–H groups in total. The molecule has 0 saturated carbocycles. The number of aryl methyl sites for hydroxylation is 1. The van der Waals surface area contributed by atoms with Gasteiger partial charge >= 0.3 is 0 Å². The van der Waals surface area contributed by atoms with Gasteiger partial charge in [-0.2, -0.15) is 0 Å². The minimum atomic E-state index is 0.552. The molecule has 2 rings (SSSR count). The van der Waals surface area contributed by atoms with Crippen LogP contribution in [0.3, 0.4) is 0 Å². The van der Waals surface area contributed by atoms with E-state index in [1.807, 2.05) is 6.07 Å². The van der Waals surface area contributed by atoms with Gasteiger partial charge < -0.3 is 0 Å². The highest BCUT2D eigenvalue weighted by Gasteiger charge is 2.12. The standard InChI is InChI=1S/C17H17Br2Cl/c1-12-2-5-15(17(20)8-12)10-14(11-18)9-13-3-6-16(19)7-4-13/h2-8,14H,9-11H2,1H3. The lowest BCUT2D eigenvalue weighted by Crippen LogP contribution is -2.10. The van der Waals surface area contributed by atoms with E-state index in [0.29, 0.717) is 5.92 Å². The Morgan fingerprint density at radius 1 is 1.05 bits per heavy atom. The lowest BCUT2D eigenvalue weighted by Gasteiger charge is -2.15. The van der Waals surface area contributed by atoms with Gasteiger partial charge in [0, 0.05) is 14.8 Å². The summed E-state index contributed by atoms with van der Waals surface area (Å²) < 4.78 is 1.12. The molecule has 0 nitrogen and oxygen atoms in total. The van der Waals surface area contributed by atoms with Crippen molar-refractivity contribution >= 4 is 43.5 Å². The molecule has 0 aliphatic carbocycles. The third-order valence-corrected chi connectivity index (χ3v) is 5.17. The fourth-order valence-electron chi connectivity index (χ4n) is 2.26. The van der Waals surface area contributed by atoms with Gasteiger partial charge in [0.05, 0.1) is 0 Å². The van der Waals surface area contributed by atoms with Crippen LogP contribution in [0.4, 0.5) is 0 Å². The van der Waals surface area contributed by atoms with Crippen molar-refractivity contribution in [3.05, 3.63) is 68.7 Å². The summed E-state index contributed by atoms with van der Waals surface area (Å²) in [6.45, 7) is 2.07. The molecule has 0 fully saturated rings. The summed E-state index contributed by atoms with van der Waals surface area (Å²) in [5, 5.41) is 1.86. The van der Waals surface area contributed by atoms with Crippen molar-refractivity contribution in [3.63, 3.8) is 0 Å². The van der Waals surface area contributed by atoms with Crippen LogP contribution in [0.2, 0.25) is 5.02 Å². The monoisotopic (exact) mass is 414 g/mol. The molecule has 20 heavy (non-hydrogen) atoms. The Bertz CT molecular complexity index is 564. The molecule has 0 amide bonds. The summed E-state index contributed by atoms with van der Waals surface area (Å²) in [7, 11) is 0. The van der Waals surface area contributed by atoms with Crippen LogP contribution in [0.5, 0.6) is 0 Å². The summed E-state index contributed by atoms with van der Waals surface area (Å²) in [6.07, 6.45) is 2.06. The molecule has 0 heterocycles.